The van der Waals surface area contributed by atoms with Crippen molar-refractivity contribution in [1.82, 2.24) is 4.98 Å². The molecule has 4 heteroatoms. The normalized spacial score (nSPS) is 8.38. The van der Waals surface area contributed by atoms with Crippen molar-refractivity contribution in [3.8, 4) is 11.8 Å². The molecule has 1 heterocycles. The van der Waals surface area contributed by atoms with E-state index in [0.29, 0.717) is 5.69 Å². The van der Waals surface area contributed by atoms with E-state index in [1.165, 1.54) is 18.3 Å². The third kappa shape index (κ3) is 2.83. The number of anilines is 1. The molecule has 0 saturated carbocycles. The molecular formula is C9H8N2O2. The van der Waals surface area contributed by atoms with Gasteiger partial charge in [0.1, 0.15) is 0 Å². The van der Waals surface area contributed by atoms with E-state index in [2.05, 4.69) is 22.1 Å². The van der Waals surface area contributed by atoms with Gasteiger partial charge in [-0.3, -0.25) is 9.59 Å². The molecular weight excluding hydrogens is 168 g/mol. The first-order valence-corrected chi connectivity index (χ1v) is 3.65. The van der Waals surface area contributed by atoms with Gasteiger partial charge in [-0.25, -0.2) is 0 Å². The number of carbonyl (C=O) groups excluding carboxylic acids is 1. The van der Waals surface area contributed by atoms with Gasteiger partial charge in [-0.2, -0.15) is 0 Å². The zero-order chi connectivity index (χ0) is 9.68. The highest BCUT2D eigenvalue weighted by atomic mass is 16.1. The summed E-state index contributed by atoms with van der Waals surface area (Å²) in [5.41, 5.74) is 0.312. The smallest absolute Gasteiger partial charge is 0.300 e. The molecule has 0 aliphatic heterocycles. The van der Waals surface area contributed by atoms with Crippen molar-refractivity contribution >= 4 is 11.6 Å². The first-order valence-electron chi connectivity index (χ1n) is 3.65. The quantitative estimate of drug-likeness (QED) is 0.606. The number of aromatic amines is 1. The fraction of sp³-hybridized carbons (Fsp3) is 0.111. The Bertz CT molecular complexity index is 403. The zero-order valence-electron chi connectivity index (χ0n) is 7.05. The number of aromatic nitrogens is 1. The van der Waals surface area contributed by atoms with Crippen molar-refractivity contribution in [3.63, 3.8) is 0 Å². The minimum absolute atomic E-state index is 0.209. The van der Waals surface area contributed by atoms with Crippen LogP contribution in [0.2, 0.25) is 0 Å². The molecule has 1 aromatic rings. The molecule has 0 bridgehead atoms. The molecule has 1 rings (SSSR count). The number of hydrogen-bond donors (Lipinski definition) is 2. The molecule has 0 spiro atoms. The van der Waals surface area contributed by atoms with Crippen LogP contribution in [0.4, 0.5) is 5.69 Å². The maximum Gasteiger partial charge on any atom is 0.300 e. The highest BCUT2D eigenvalue weighted by molar-refractivity contribution is 6.03. The van der Waals surface area contributed by atoms with E-state index in [1.54, 1.807) is 6.92 Å². The number of amides is 1. The van der Waals surface area contributed by atoms with Crippen molar-refractivity contribution < 1.29 is 4.79 Å². The average molecular weight is 176 g/mol. The van der Waals surface area contributed by atoms with E-state index < -0.39 is 5.91 Å². The lowest BCUT2D eigenvalue weighted by Crippen LogP contribution is -2.10. The second kappa shape index (κ2) is 4.12. The van der Waals surface area contributed by atoms with Crippen LogP contribution in [-0.4, -0.2) is 10.9 Å². The predicted molar refractivity (Wildman–Crippen MR) is 49.1 cm³/mol. The molecule has 0 fully saturated rings. The summed E-state index contributed by atoms with van der Waals surface area (Å²) in [7, 11) is 0. The highest BCUT2D eigenvalue weighted by Gasteiger charge is 1.95. The summed E-state index contributed by atoms with van der Waals surface area (Å²) >= 11 is 0. The fourth-order valence-corrected chi connectivity index (χ4v) is 0.764. The Morgan fingerprint density at radius 3 is 2.85 bits per heavy atom. The van der Waals surface area contributed by atoms with Crippen LogP contribution >= 0.6 is 0 Å². The molecule has 1 amide bonds. The lowest BCUT2D eigenvalue weighted by Gasteiger charge is -1.97. The predicted octanol–water partition coefficient (Wildman–Crippen LogP) is 0.337. The Balaban J connectivity index is 2.73. The van der Waals surface area contributed by atoms with Crippen molar-refractivity contribution in [1.29, 1.82) is 0 Å². The Hall–Kier alpha value is -2.02. The standard InChI is InChI=1S/C9H8N2O2/c1-2-3-9(13)11-7-4-5-8(12)10-6-7/h4-6H,1H3,(H,10,12)(H,11,13). The van der Waals surface area contributed by atoms with Crippen LogP contribution in [0, 0.1) is 11.8 Å². The number of nitrogens with one attached hydrogen (secondary N) is 2. The van der Waals surface area contributed by atoms with E-state index in [9.17, 15) is 9.59 Å². The SMILES string of the molecule is CC#CC(=O)Nc1ccc(=O)[nH]c1. The summed E-state index contributed by atoms with van der Waals surface area (Å²) < 4.78 is 0. The molecule has 0 atom stereocenters. The maximum atomic E-state index is 10.9. The van der Waals surface area contributed by atoms with Gasteiger partial charge in [-0.1, -0.05) is 5.92 Å². The van der Waals surface area contributed by atoms with E-state index in [1.807, 2.05) is 0 Å². The van der Waals surface area contributed by atoms with E-state index >= 15 is 0 Å². The van der Waals surface area contributed by atoms with Crippen LogP contribution in [0.5, 0.6) is 0 Å². The number of rotatable bonds is 1. The minimum Gasteiger partial charge on any atom is -0.327 e. The topological polar surface area (TPSA) is 62.0 Å². The summed E-state index contributed by atoms with van der Waals surface area (Å²) in [4.78, 5) is 24.0. The largest absolute Gasteiger partial charge is 0.327 e. The number of carbonyl (C=O) groups is 1. The van der Waals surface area contributed by atoms with Gasteiger partial charge in [0, 0.05) is 12.3 Å². The first-order chi connectivity index (χ1) is 6.22. The van der Waals surface area contributed by atoms with Crippen LogP contribution in [-0.2, 0) is 4.79 Å². The monoisotopic (exact) mass is 176 g/mol. The van der Waals surface area contributed by atoms with Gasteiger partial charge in [0.15, 0.2) is 0 Å². The summed E-state index contributed by atoms with van der Waals surface area (Å²) in [5, 5.41) is 2.49. The lowest BCUT2D eigenvalue weighted by atomic mass is 10.4. The summed E-state index contributed by atoms with van der Waals surface area (Å²) in [6.07, 6.45) is 1.41. The Morgan fingerprint density at radius 1 is 1.54 bits per heavy atom. The Labute approximate surface area is 75.0 Å². The minimum atomic E-state index is -0.394. The van der Waals surface area contributed by atoms with Crippen LogP contribution in [0.25, 0.3) is 0 Å². The van der Waals surface area contributed by atoms with Gasteiger partial charge in [0.05, 0.1) is 5.69 Å². The van der Waals surface area contributed by atoms with Gasteiger partial charge in [0.25, 0.3) is 5.91 Å². The molecule has 0 radical (unpaired) electrons. The summed E-state index contributed by atoms with van der Waals surface area (Å²) in [6.45, 7) is 1.58. The van der Waals surface area contributed by atoms with Gasteiger partial charge in [-0.15, -0.1) is 0 Å². The third-order valence-electron chi connectivity index (χ3n) is 1.28. The second-order valence-corrected chi connectivity index (χ2v) is 2.27. The molecule has 0 aromatic carbocycles. The molecule has 2 N–H and O–H groups in total. The van der Waals surface area contributed by atoms with Crippen molar-refractivity contribution in [3.05, 3.63) is 28.7 Å². The third-order valence-corrected chi connectivity index (χ3v) is 1.28. The first kappa shape index (κ1) is 9.07. The van der Waals surface area contributed by atoms with Crippen molar-refractivity contribution in [2.75, 3.05) is 5.32 Å². The van der Waals surface area contributed by atoms with Crippen molar-refractivity contribution in [2.45, 2.75) is 6.92 Å². The van der Waals surface area contributed by atoms with E-state index in [4.69, 9.17) is 0 Å². The van der Waals surface area contributed by atoms with E-state index in [-0.39, 0.29) is 5.56 Å². The molecule has 1 aromatic heterocycles. The maximum absolute atomic E-state index is 10.9. The Morgan fingerprint density at radius 2 is 2.31 bits per heavy atom. The average Bonchev–Trinajstić information content (AvgIpc) is 2.09. The number of H-pyrrole nitrogens is 1. The fourth-order valence-electron chi connectivity index (χ4n) is 0.764. The summed E-state index contributed by atoms with van der Waals surface area (Å²) in [6, 6.07) is 2.84. The van der Waals surface area contributed by atoms with E-state index in [0.717, 1.165) is 0 Å². The molecule has 0 unspecified atom stereocenters. The summed E-state index contributed by atoms with van der Waals surface area (Å²) in [5.74, 6) is 4.39. The molecule has 0 aliphatic rings. The van der Waals surface area contributed by atoms with Gasteiger partial charge in [-0.05, 0) is 18.9 Å². The zero-order valence-corrected chi connectivity index (χ0v) is 7.05. The second-order valence-electron chi connectivity index (χ2n) is 2.27. The Kier molecular flexibility index (Phi) is 2.87. The van der Waals surface area contributed by atoms with Crippen LogP contribution in [0.1, 0.15) is 6.92 Å². The molecule has 13 heavy (non-hydrogen) atoms. The molecule has 0 saturated heterocycles. The van der Waals surface area contributed by atoms with Crippen LogP contribution < -0.4 is 10.9 Å². The molecule has 4 nitrogen and oxygen atoms in total. The van der Waals surface area contributed by atoms with Gasteiger partial charge < -0.3 is 10.3 Å². The highest BCUT2D eigenvalue weighted by Crippen LogP contribution is 1.99. The van der Waals surface area contributed by atoms with Crippen LogP contribution in [0.15, 0.2) is 23.1 Å². The lowest BCUT2D eigenvalue weighted by molar-refractivity contribution is -0.111. The molecule has 0 aliphatic carbocycles. The van der Waals surface area contributed by atoms with Crippen LogP contribution in [0.3, 0.4) is 0 Å². The van der Waals surface area contributed by atoms with Crippen molar-refractivity contribution in [2.24, 2.45) is 0 Å². The van der Waals surface area contributed by atoms with Gasteiger partial charge >= 0.3 is 0 Å². The number of pyridine rings is 1. The number of hydrogen-bond acceptors (Lipinski definition) is 2. The molecule has 66 valence electrons. The van der Waals surface area contributed by atoms with Gasteiger partial charge in [0.2, 0.25) is 5.56 Å².